The number of furan rings is 1. The Balaban J connectivity index is 2.25. The molecule has 1 aromatic rings. The van der Waals surface area contributed by atoms with Crippen molar-refractivity contribution < 1.29 is 14.3 Å². The van der Waals surface area contributed by atoms with Crippen molar-refractivity contribution in [2.75, 3.05) is 0 Å². The lowest BCUT2D eigenvalue weighted by Gasteiger charge is -2.18. The van der Waals surface area contributed by atoms with Crippen molar-refractivity contribution in [2.24, 2.45) is 0 Å². The number of carboxylic acid groups (broad SMARTS) is 1. The maximum absolute atomic E-state index is 10.6. The smallest absolute Gasteiger partial charge is 0.304 e. The molecule has 0 bridgehead atoms. The maximum Gasteiger partial charge on any atom is 0.304 e. The highest BCUT2D eigenvalue weighted by atomic mass is 79.9. The zero-order valence-electron chi connectivity index (χ0n) is 7.62. The summed E-state index contributed by atoms with van der Waals surface area (Å²) in [5.41, 5.74) is 1.16. The van der Waals surface area contributed by atoms with E-state index in [0.717, 1.165) is 30.6 Å². The second-order valence-electron chi connectivity index (χ2n) is 3.63. The second-order valence-corrected chi connectivity index (χ2v) is 4.41. The number of carboxylic acids is 1. The predicted molar refractivity (Wildman–Crippen MR) is 54.3 cm³/mol. The average Bonchev–Trinajstić information content (AvgIpc) is 2.45. The van der Waals surface area contributed by atoms with E-state index >= 15 is 0 Å². The molecule has 1 aliphatic rings. The van der Waals surface area contributed by atoms with Gasteiger partial charge in [0.2, 0.25) is 0 Å². The second kappa shape index (κ2) is 3.77. The van der Waals surface area contributed by atoms with E-state index in [0.29, 0.717) is 4.67 Å². The summed E-state index contributed by atoms with van der Waals surface area (Å²) in [5.74, 6) is 0.170. The van der Waals surface area contributed by atoms with Crippen molar-refractivity contribution in [2.45, 2.75) is 31.6 Å². The molecule has 0 aromatic carbocycles. The van der Waals surface area contributed by atoms with Crippen LogP contribution >= 0.6 is 15.9 Å². The molecule has 1 aromatic heterocycles. The molecule has 0 saturated heterocycles. The van der Waals surface area contributed by atoms with Crippen molar-refractivity contribution in [1.29, 1.82) is 0 Å². The Morgan fingerprint density at radius 3 is 3.21 bits per heavy atom. The fourth-order valence-corrected chi connectivity index (χ4v) is 2.48. The zero-order chi connectivity index (χ0) is 10.1. The van der Waals surface area contributed by atoms with Gasteiger partial charge in [-0.3, -0.25) is 4.79 Å². The Morgan fingerprint density at radius 2 is 2.50 bits per heavy atom. The number of aliphatic carboxylic acids is 1. The number of rotatable bonds is 2. The third-order valence-electron chi connectivity index (χ3n) is 2.60. The van der Waals surface area contributed by atoms with Crippen LogP contribution in [0.15, 0.2) is 15.2 Å². The Morgan fingerprint density at radius 1 is 1.71 bits per heavy atom. The van der Waals surface area contributed by atoms with Crippen LogP contribution in [0, 0.1) is 0 Å². The van der Waals surface area contributed by atoms with Gasteiger partial charge in [-0.05, 0) is 46.8 Å². The van der Waals surface area contributed by atoms with Crippen molar-refractivity contribution >= 4 is 21.9 Å². The first kappa shape index (κ1) is 9.77. The third kappa shape index (κ3) is 1.85. The normalized spacial score (nSPS) is 20.5. The number of fused-ring (bicyclic) bond motifs is 1. The fourth-order valence-electron chi connectivity index (χ4n) is 2.02. The van der Waals surface area contributed by atoms with E-state index < -0.39 is 5.97 Å². The third-order valence-corrected chi connectivity index (χ3v) is 2.99. The minimum absolute atomic E-state index is 0.0579. The van der Waals surface area contributed by atoms with Crippen LogP contribution in [0.4, 0.5) is 0 Å². The summed E-state index contributed by atoms with van der Waals surface area (Å²) in [7, 11) is 0. The molecule has 1 aliphatic carbocycles. The van der Waals surface area contributed by atoms with Gasteiger partial charge in [-0.1, -0.05) is 0 Å². The molecule has 1 unspecified atom stereocenters. The summed E-state index contributed by atoms with van der Waals surface area (Å²) in [6.45, 7) is 0. The van der Waals surface area contributed by atoms with Crippen LogP contribution in [0.25, 0.3) is 0 Å². The minimum Gasteiger partial charge on any atom is -0.481 e. The monoisotopic (exact) mass is 258 g/mol. The first-order valence-corrected chi connectivity index (χ1v) is 5.46. The number of carbonyl (C=O) groups is 1. The van der Waals surface area contributed by atoms with Gasteiger partial charge in [0.05, 0.1) is 6.42 Å². The van der Waals surface area contributed by atoms with Crippen molar-refractivity contribution in [3.8, 4) is 0 Å². The molecule has 0 amide bonds. The molecular weight excluding hydrogens is 248 g/mol. The first-order valence-electron chi connectivity index (χ1n) is 4.66. The highest BCUT2D eigenvalue weighted by molar-refractivity contribution is 9.10. The molecule has 0 radical (unpaired) electrons. The van der Waals surface area contributed by atoms with Crippen LogP contribution < -0.4 is 0 Å². The average molecular weight is 259 g/mol. The van der Waals surface area contributed by atoms with Gasteiger partial charge in [-0.25, -0.2) is 0 Å². The summed E-state index contributed by atoms with van der Waals surface area (Å²) >= 11 is 3.27. The largest absolute Gasteiger partial charge is 0.481 e. The van der Waals surface area contributed by atoms with E-state index in [-0.39, 0.29) is 12.3 Å². The summed E-state index contributed by atoms with van der Waals surface area (Å²) in [6.07, 6.45) is 3.14. The van der Waals surface area contributed by atoms with Gasteiger partial charge in [0.15, 0.2) is 4.67 Å². The van der Waals surface area contributed by atoms with E-state index in [1.54, 1.807) is 0 Å². The molecule has 1 heterocycles. The molecule has 0 fully saturated rings. The molecule has 2 rings (SSSR count). The molecule has 14 heavy (non-hydrogen) atoms. The SMILES string of the molecule is O=C(O)CC1CCCc2cc(Br)oc21. The van der Waals surface area contributed by atoms with Crippen LogP contribution in [0.5, 0.6) is 0 Å². The van der Waals surface area contributed by atoms with E-state index in [2.05, 4.69) is 15.9 Å². The summed E-state index contributed by atoms with van der Waals surface area (Å²) < 4.78 is 6.18. The molecule has 1 N–H and O–H groups in total. The molecule has 0 saturated carbocycles. The zero-order valence-corrected chi connectivity index (χ0v) is 9.21. The Kier molecular flexibility index (Phi) is 2.63. The molecule has 76 valence electrons. The van der Waals surface area contributed by atoms with Crippen LogP contribution in [0.3, 0.4) is 0 Å². The molecule has 0 aliphatic heterocycles. The Labute approximate surface area is 90.2 Å². The Bertz CT molecular complexity index is 356. The van der Waals surface area contributed by atoms with Gasteiger partial charge in [-0.15, -0.1) is 0 Å². The van der Waals surface area contributed by atoms with Crippen molar-refractivity contribution in [1.82, 2.24) is 0 Å². The van der Waals surface area contributed by atoms with Gasteiger partial charge in [0, 0.05) is 5.92 Å². The fraction of sp³-hybridized carbons (Fsp3) is 0.500. The van der Waals surface area contributed by atoms with Crippen LogP contribution in [-0.4, -0.2) is 11.1 Å². The van der Waals surface area contributed by atoms with E-state index in [9.17, 15) is 4.79 Å². The molecule has 0 spiro atoms. The van der Waals surface area contributed by atoms with Gasteiger partial charge >= 0.3 is 5.97 Å². The summed E-state index contributed by atoms with van der Waals surface area (Å²) in [5, 5.41) is 8.74. The van der Waals surface area contributed by atoms with Crippen LogP contribution in [-0.2, 0) is 11.2 Å². The lowest BCUT2D eigenvalue weighted by atomic mass is 9.86. The van der Waals surface area contributed by atoms with Gasteiger partial charge < -0.3 is 9.52 Å². The first-order chi connectivity index (χ1) is 6.66. The topological polar surface area (TPSA) is 50.4 Å². The number of aryl methyl sites for hydroxylation is 1. The van der Waals surface area contributed by atoms with E-state index in [1.807, 2.05) is 6.07 Å². The van der Waals surface area contributed by atoms with Crippen LogP contribution in [0.2, 0.25) is 0 Å². The van der Waals surface area contributed by atoms with Crippen molar-refractivity contribution in [3.05, 3.63) is 22.1 Å². The van der Waals surface area contributed by atoms with Gasteiger partial charge in [0.25, 0.3) is 0 Å². The van der Waals surface area contributed by atoms with Gasteiger partial charge in [-0.2, -0.15) is 0 Å². The quantitative estimate of drug-likeness (QED) is 0.888. The summed E-state index contributed by atoms with van der Waals surface area (Å²) in [4.78, 5) is 10.6. The molecule has 3 nitrogen and oxygen atoms in total. The highest BCUT2D eigenvalue weighted by Gasteiger charge is 2.26. The lowest BCUT2D eigenvalue weighted by molar-refractivity contribution is -0.137. The van der Waals surface area contributed by atoms with Crippen molar-refractivity contribution in [3.63, 3.8) is 0 Å². The minimum atomic E-state index is -0.754. The summed E-state index contributed by atoms with van der Waals surface area (Å²) in [6, 6.07) is 1.95. The number of hydrogen-bond acceptors (Lipinski definition) is 2. The molecule has 1 atom stereocenters. The van der Waals surface area contributed by atoms with E-state index in [4.69, 9.17) is 9.52 Å². The van der Waals surface area contributed by atoms with Gasteiger partial charge in [0.1, 0.15) is 5.76 Å². The maximum atomic E-state index is 10.6. The highest BCUT2D eigenvalue weighted by Crippen LogP contribution is 2.37. The molecular formula is C10H11BrO3. The number of hydrogen-bond donors (Lipinski definition) is 1. The van der Waals surface area contributed by atoms with Crippen LogP contribution in [0.1, 0.15) is 36.5 Å². The standard InChI is InChI=1S/C10H11BrO3/c11-8-4-6-2-1-3-7(5-9(12)13)10(6)14-8/h4,7H,1-3,5H2,(H,12,13). The number of halogens is 1. The lowest BCUT2D eigenvalue weighted by Crippen LogP contribution is -2.11. The van der Waals surface area contributed by atoms with E-state index in [1.165, 1.54) is 0 Å². The molecule has 4 heteroatoms. The predicted octanol–water partition coefficient (Wildman–Crippen LogP) is 2.94. The Hall–Kier alpha value is -0.770.